The standard InChI is InChI=1S/C13H10F2N2O2/c1-7-4-10(15)11(5-9(7)14)17-12-6-16-3-2-8(12)13(18)19/h2-6,17H,1H3,(H,18,19). The molecule has 98 valence electrons. The van der Waals surface area contributed by atoms with Gasteiger partial charge in [-0.25, -0.2) is 13.6 Å². The number of anilines is 2. The Hall–Kier alpha value is -2.50. The van der Waals surface area contributed by atoms with Crippen molar-refractivity contribution in [2.45, 2.75) is 6.92 Å². The second kappa shape index (κ2) is 5.01. The number of nitrogens with zero attached hydrogens (tertiary/aromatic N) is 1. The minimum absolute atomic E-state index is 0.0737. The number of hydrogen-bond donors (Lipinski definition) is 2. The topological polar surface area (TPSA) is 62.2 Å². The second-order valence-electron chi connectivity index (χ2n) is 3.93. The van der Waals surface area contributed by atoms with Crippen LogP contribution in [0.4, 0.5) is 20.2 Å². The van der Waals surface area contributed by atoms with Crippen LogP contribution in [0.2, 0.25) is 0 Å². The molecule has 0 spiro atoms. The van der Waals surface area contributed by atoms with Crippen molar-refractivity contribution in [3.8, 4) is 0 Å². The van der Waals surface area contributed by atoms with Crippen molar-refractivity contribution < 1.29 is 18.7 Å². The minimum atomic E-state index is -1.18. The molecule has 0 amide bonds. The highest BCUT2D eigenvalue weighted by Gasteiger charge is 2.13. The fraction of sp³-hybridized carbons (Fsp3) is 0.0769. The number of hydrogen-bond acceptors (Lipinski definition) is 3. The molecule has 6 heteroatoms. The van der Waals surface area contributed by atoms with Gasteiger partial charge in [-0.2, -0.15) is 0 Å². The van der Waals surface area contributed by atoms with Gasteiger partial charge in [-0.15, -0.1) is 0 Å². The molecule has 4 nitrogen and oxygen atoms in total. The third-order valence-corrected chi connectivity index (χ3v) is 2.57. The fourth-order valence-electron chi connectivity index (χ4n) is 1.57. The van der Waals surface area contributed by atoms with E-state index in [1.807, 2.05) is 0 Å². The molecule has 1 aromatic carbocycles. The van der Waals surface area contributed by atoms with Gasteiger partial charge in [0.25, 0.3) is 0 Å². The summed E-state index contributed by atoms with van der Waals surface area (Å²) in [5, 5.41) is 11.5. The first kappa shape index (κ1) is 12.9. The number of halogens is 2. The van der Waals surface area contributed by atoms with Gasteiger partial charge in [-0.3, -0.25) is 4.98 Å². The summed E-state index contributed by atoms with van der Waals surface area (Å²) in [4.78, 5) is 14.7. The number of benzene rings is 1. The number of carboxylic acid groups (broad SMARTS) is 1. The number of carboxylic acids is 1. The van der Waals surface area contributed by atoms with Crippen LogP contribution in [0.15, 0.2) is 30.6 Å². The molecule has 2 N–H and O–H groups in total. The van der Waals surface area contributed by atoms with E-state index in [4.69, 9.17) is 5.11 Å². The Balaban J connectivity index is 2.42. The van der Waals surface area contributed by atoms with Gasteiger partial charge in [0.15, 0.2) is 0 Å². The molecule has 1 aromatic heterocycles. The average Bonchev–Trinajstić information content (AvgIpc) is 2.36. The van der Waals surface area contributed by atoms with Crippen LogP contribution in [0.3, 0.4) is 0 Å². The van der Waals surface area contributed by atoms with Crippen molar-refractivity contribution in [1.82, 2.24) is 4.98 Å². The molecule has 0 saturated carbocycles. The van der Waals surface area contributed by atoms with Gasteiger partial charge in [0, 0.05) is 12.3 Å². The van der Waals surface area contributed by atoms with E-state index in [9.17, 15) is 13.6 Å². The van der Waals surface area contributed by atoms with Crippen LogP contribution in [0.25, 0.3) is 0 Å². The zero-order chi connectivity index (χ0) is 14.0. The average molecular weight is 264 g/mol. The number of pyridine rings is 1. The maximum absolute atomic E-state index is 13.7. The third-order valence-electron chi connectivity index (χ3n) is 2.57. The van der Waals surface area contributed by atoms with Crippen molar-refractivity contribution in [1.29, 1.82) is 0 Å². The van der Waals surface area contributed by atoms with E-state index in [-0.39, 0.29) is 22.5 Å². The summed E-state index contributed by atoms with van der Waals surface area (Å²) in [5.41, 5.74) is 0.0545. The highest BCUT2D eigenvalue weighted by atomic mass is 19.1. The van der Waals surface area contributed by atoms with E-state index in [0.29, 0.717) is 0 Å². The lowest BCUT2D eigenvalue weighted by molar-refractivity contribution is 0.0698. The fourth-order valence-corrected chi connectivity index (χ4v) is 1.57. The Kier molecular flexibility index (Phi) is 3.41. The molecule has 2 rings (SSSR count). The quantitative estimate of drug-likeness (QED) is 0.894. The molecule has 0 aliphatic heterocycles. The normalized spacial score (nSPS) is 10.3. The highest BCUT2D eigenvalue weighted by molar-refractivity contribution is 5.94. The summed E-state index contributed by atoms with van der Waals surface area (Å²) < 4.78 is 27.0. The summed E-state index contributed by atoms with van der Waals surface area (Å²) in [6.07, 6.45) is 2.54. The van der Waals surface area contributed by atoms with Crippen LogP contribution >= 0.6 is 0 Å². The van der Waals surface area contributed by atoms with Crippen molar-refractivity contribution in [3.63, 3.8) is 0 Å². The van der Waals surface area contributed by atoms with Crippen molar-refractivity contribution in [2.75, 3.05) is 5.32 Å². The van der Waals surface area contributed by atoms with E-state index < -0.39 is 17.6 Å². The SMILES string of the molecule is Cc1cc(F)c(Nc2cnccc2C(=O)O)cc1F. The van der Waals surface area contributed by atoms with Gasteiger partial charge in [0.05, 0.1) is 23.1 Å². The van der Waals surface area contributed by atoms with Crippen LogP contribution in [0.1, 0.15) is 15.9 Å². The molecule has 0 atom stereocenters. The van der Waals surface area contributed by atoms with E-state index in [0.717, 1.165) is 12.1 Å². The second-order valence-corrected chi connectivity index (χ2v) is 3.93. The molecule has 0 saturated heterocycles. The number of aryl methyl sites for hydroxylation is 1. The van der Waals surface area contributed by atoms with Gasteiger partial charge >= 0.3 is 5.97 Å². The van der Waals surface area contributed by atoms with Gasteiger partial charge in [0.2, 0.25) is 0 Å². The lowest BCUT2D eigenvalue weighted by Gasteiger charge is -2.10. The molecule has 0 aliphatic carbocycles. The monoisotopic (exact) mass is 264 g/mol. The van der Waals surface area contributed by atoms with E-state index in [2.05, 4.69) is 10.3 Å². The van der Waals surface area contributed by atoms with Crippen LogP contribution in [-0.2, 0) is 0 Å². The zero-order valence-electron chi connectivity index (χ0n) is 9.95. The van der Waals surface area contributed by atoms with Crippen molar-refractivity contribution >= 4 is 17.3 Å². The first-order valence-electron chi connectivity index (χ1n) is 5.39. The number of nitrogens with one attached hydrogen (secondary N) is 1. The summed E-state index contributed by atoms with van der Waals surface area (Å²) in [5.74, 6) is -2.43. The maximum atomic E-state index is 13.7. The number of rotatable bonds is 3. The Morgan fingerprint density at radius 1 is 1.26 bits per heavy atom. The summed E-state index contributed by atoms with van der Waals surface area (Å²) >= 11 is 0. The zero-order valence-corrected chi connectivity index (χ0v) is 9.95. The maximum Gasteiger partial charge on any atom is 0.337 e. The molecule has 0 aliphatic rings. The first-order chi connectivity index (χ1) is 8.99. The summed E-state index contributed by atoms with van der Waals surface area (Å²) in [6.45, 7) is 1.44. The molecule has 19 heavy (non-hydrogen) atoms. The Labute approximate surface area is 107 Å². The van der Waals surface area contributed by atoms with Crippen LogP contribution in [0, 0.1) is 18.6 Å². The molecule has 0 fully saturated rings. The summed E-state index contributed by atoms with van der Waals surface area (Å²) in [7, 11) is 0. The van der Waals surface area contributed by atoms with Crippen LogP contribution in [0.5, 0.6) is 0 Å². The largest absolute Gasteiger partial charge is 0.478 e. The number of aromatic carboxylic acids is 1. The number of carbonyl (C=O) groups is 1. The lowest BCUT2D eigenvalue weighted by atomic mass is 10.2. The predicted molar refractivity (Wildman–Crippen MR) is 65.6 cm³/mol. The molecule has 0 radical (unpaired) electrons. The molecular weight excluding hydrogens is 254 g/mol. The van der Waals surface area contributed by atoms with Crippen molar-refractivity contribution in [3.05, 3.63) is 53.4 Å². The predicted octanol–water partition coefficient (Wildman–Crippen LogP) is 3.11. The van der Waals surface area contributed by atoms with Crippen LogP contribution in [-0.4, -0.2) is 16.1 Å². The third kappa shape index (κ3) is 2.67. The molecule has 1 heterocycles. The summed E-state index contributed by atoms with van der Waals surface area (Å²) in [6, 6.07) is 3.28. The number of aromatic nitrogens is 1. The van der Waals surface area contributed by atoms with Gasteiger partial charge < -0.3 is 10.4 Å². The molecule has 0 unspecified atom stereocenters. The Morgan fingerprint density at radius 2 is 2.00 bits per heavy atom. The lowest BCUT2D eigenvalue weighted by Crippen LogP contribution is -2.04. The minimum Gasteiger partial charge on any atom is -0.478 e. The van der Waals surface area contributed by atoms with E-state index in [1.54, 1.807) is 0 Å². The molecule has 0 bridgehead atoms. The Bertz CT molecular complexity index is 645. The van der Waals surface area contributed by atoms with Gasteiger partial charge in [-0.1, -0.05) is 0 Å². The van der Waals surface area contributed by atoms with Crippen LogP contribution < -0.4 is 5.32 Å². The van der Waals surface area contributed by atoms with Gasteiger partial charge in [-0.05, 0) is 24.6 Å². The van der Waals surface area contributed by atoms with Gasteiger partial charge in [0.1, 0.15) is 11.6 Å². The smallest absolute Gasteiger partial charge is 0.337 e. The Morgan fingerprint density at radius 3 is 2.68 bits per heavy atom. The molecule has 2 aromatic rings. The van der Waals surface area contributed by atoms with E-state index in [1.165, 1.54) is 25.4 Å². The molecular formula is C13H10F2N2O2. The highest BCUT2D eigenvalue weighted by Crippen LogP contribution is 2.24. The van der Waals surface area contributed by atoms with E-state index >= 15 is 0 Å². The first-order valence-corrected chi connectivity index (χ1v) is 5.39. The van der Waals surface area contributed by atoms with Crippen molar-refractivity contribution in [2.24, 2.45) is 0 Å².